The largest absolute Gasteiger partial charge is 0.573 e. The number of aromatic nitrogens is 1. The van der Waals surface area contributed by atoms with Crippen LogP contribution in [0.1, 0.15) is 26.4 Å². The highest BCUT2D eigenvalue weighted by atomic mass is 19.4. The molecule has 0 saturated heterocycles. The van der Waals surface area contributed by atoms with Crippen molar-refractivity contribution >= 4 is 17.5 Å². The molecule has 0 unspecified atom stereocenters. The smallest absolute Gasteiger partial charge is 0.493 e. The van der Waals surface area contributed by atoms with Crippen molar-refractivity contribution in [3.8, 4) is 23.0 Å². The van der Waals surface area contributed by atoms with Gasteiger partial charge in [0.2, 0.25) is 0 Å². The van der Waals surface area contributed by atoms with Crippen molar-refractivity contribution in [1.29, 1.82) is 0 Å². The number of hydrogen-bond acceptors (Lipinski definition) is 6. The molecule has 0 bridgehead atoms. The summed E-state index contributed by atoms with van der Waals surface area (Å²) in [6.07, 6.45) is -9.07. The zero-order chi connectivity index (χ0) is 29.1. The molecule has 15 heteroatoms. The summed E-state index contributed by atoms with van der Waals surface area (Å²) in [5, 5.41) is 2.19. The minimum absolute atomic E-state index is 0.103. The number of benzene rings is 2. The van der Waals surface area contributed by atoms with Crippen LogP contribution in [-0.2, 0) is 6.18 Å². The second-order valence-electron chi connectivity index (χ2n) is 7.84. The monoisotopic (exact) mass is 561 g/mol. The van der Waals surface area contributed by atoms with E-state index in [1.165, 1.54) is 25.1 Å². The van der Waals surface area contributed by atoms with Gasteiger partial charge in [0, 0.05) is 32.0 Å². The van der Waals surface area contributed by atoms with Crippen LogP contribution in [-0.4, -0.2) is 49.3 Å². The zero-order valence-corrected chi connectivity index (χ0v) is 20.2. The van der Waals surface area contributed by atoms with Crippen molar-refractivity contribution in [2.45, 2.75) is 12.5 Å². The Morgan fingerprint density at radius 3 is 2.18 bits per heavy atom. The molecule has 0 saturated carbocycles. The third-order valence-corrected chi connectivity index (χ3v) is 4.87. The molecule has 3 aromatic rings. The first kappa shape index (κ1) is 29.0. The summed E-state index contributed by atoms with van der Waals surface area (Å²) in [7, 11) is 3.93. The number of hydrogen-bond donors (Lipinski definition) is 1. The Kier molecular flexibility index (Phi) is 8.22. The quantitative estimate of drug-likeness (QED) is 0.362. The number of nitrogens with zero attached hydrogens (tertiary/aromatic N) is 2. The lowest BCUT2D eigenvalue weighted by atomic mass is 10.1. The zero-order valence-electron chi connectivity index (χ0n) is 20.2. The van der Waals surface area contributed by atoms with E-state index in [0.29, 0.717) is 12.1 Å². The number of amides is 2. The number of anilines is 1. The molecule has 208 valence electrons. The summed E-state index contributed by atoms with van der Waals surface area (Å²) in [5.74, 6) is -6.09. The third-order valence-electron chi connectivity index (χ3n) is 4.87. The number of carbonyl (C=O) groups excluding carboxylic acids is 2. The van der Waals surface area contributed by atoms with Crippen molar-refractivity contribution in [3.63, 3.8) is 0 Å². The van der Waals surface area contributed by atoms with Crippen molar-refractivity contribution < 1.29 is 54.5 Å². The summed E-state index contributed by atoms with van der Waals surface area (Å²) in [5.41, 5.74) is -3.18. The number of halogens is 7. The van der Waals surface area contributed by atoms with Crippen LogP contribution in [0.3, 0.4) is 0 Å². The Morgan fingerprint density at radius 1 is 0.923 bits per heavy atom. The molecule has 0 spiro atoms. The minimum atomic E-state index is -5.19. The molecule has 1 heterocycles. The molecular formula is C24H18F7N3O5. The fourth-order valence-corrected chi connectivity index (χ4v) is 3.17. The molecule has 0 radical (unpaired) electrons. The van der Waals surface area contributed by atoms with Crippen LogP contribution in [0.5, 0.6) is 23.0 Å². The number of ether oxygens (including phenoxy) is 3. The van der Waals surface area contributed by atoms with E-state index in [-0.39, 0.29) is 22.9 Å². The van der Waals surface area contributed by atoms with Gasteiger partial charge in [-0.1, -0.05) is 0 Å². The lowest BCUT2D eigenvalue weighted by Gasteiger charge is -2.18. The highest BCUT2D eigenvalue weighted by molar-refractivity contribution is 6.07. The van der Waals surface area contributed by atoms with Gasteiger partial charge in [-0.3, -0.25) is 14.6 Å². The van der Waals surface area contributed by atoms with Gasteiger partial charge in [0.25, 0.3) is 11.8 Å². The predicted octanol–water partition coefficient (Wildman–Crippen LogP) is 5.89. The highest BCUT2D eigenvalue weighted by Crippen LogP contribution is 2.40. The average molecular weight is 561 g/mol. The van der Waals surface area contributed by atoms with Crippen LogP contribution >= 0.6 is 0 Å². The van der Waals surface area contributed by atoms with E-state index in [2.05, 4.69) is 15.0 Å². The Hall–Kier alpha value is -4.56. The number of carbonyl (C=O) groups is 2. The van der Waals surface area contributed by atoms with Gasteiger partial charge >= 0.3 is 12.5 Å². The molecule has 1 N–H and O–H groups in total. The van der Waals surface area contributed by atoms with Crippen LogP contribution in [0.15, 0.2) is 48.7 Å². The molecule has 1 aromatic heterocycles. The molecule has 39 heavy (non-hydrogen) atoms. The van der Waals surface area contributed by atoms with E-state index < -0.39 is 52.8 Å². The first-order chi connectivity index (χ1) is 18.1. The maximum Gasteiger partial charge on any atom is 0.573 e. The summed E-state index contributed by atoms with van der Waals surface area (Å²) in [6.45, 7) is 0. The minimum Gasteiger partial charge on any atom is -0.493 e. The third kappa shape index (κ3) is 7.06. The fourth-order valence-electron chi connectivity index (χ4n) is 3.17. The van der Waals surface area contributed by atoms with Crippen molar-refractivity contribution in [2.24, 2.45) is 0 Å². The standard InChI is InChI=1S/C24H18F7N3O5/c1-34(2)22(36)15-10-12(8-9-32-15)33-21(35)19-17(7-5-14(20(19)25)23(26,27)28)38-16-6-4-13(11-18(16)37-3)39-24(29,30)31/h4-11H,1-3H3,(H,32,33,35). The summed E-state index contributed by atoms with van der Waals surface area (Å²) in [6, 6.07) is 5.81. The second kappa shape index (κ2) is 11.0. The maximum absolute atomic E-state index is 15.1. The molecule has 0 aliphatic carbocycles. The average Bonchev–Trinajstić information content (AvgIpc) is 2.82. The topological polar surface area (TPSA) is 90.0 Å². The second-order valence-corrected chi connectivity index (χ2v) is 7.84. The van der Waals surface area contributed by atoms with Gasteiger partial charge in [0.15, 0.2) is 17.3 Å². The number of rotatable bonds is 7. The maximum atomic E-state index is 15.1. The van der Waals surface area contributed by atoms with Gasteiger partial charge in [-0.2, -0.15) is 13.2 Å². The summed E-state index contributed by atoms with van der Waals surface area (Å²) >= 11 is 0. The SMILES string of the molecule is COc1cc(OC(F)(F)F)ccc1Oc1ccc(C(F)(F)F)c(F)c1C(=O)Nc1ccnc(C(=O)N(C)C)c1. The van der Waals surface area contributed by atoms with E-state index in [1.54, 1.807) is 0 Å². The number of methoxy groups -OCH3 is 1. The number of nitrogens with one attached hydrogen (secondary N) is 1. The Bertz CT molecular complexity index is 1390. The van der Waals surface area contributed by atoms with Crippen LogP contribution < -0.4 is 19.5 Å². The molecule has 0 aliphatic rings. The number of alkyl halides is 6. The van der Waals surface area contributed by atoms with Gasteiger partial charge in [-0.05, 0) is 36.4 Å². The highest BCUT2D eigenvalue weighted by Gasteiger charge is 2.38. The van der Waals surface area contributed by atoms with Gasteiger partial charge in [-0.15, -0.1) is 13.2 Å². The molecule has 3 rings (SSSR count). The van der Waals surface area contributed by atoms with E-state index in [4.69, 9.17) is 9.47 Å². The van der Waals surface area contributed by atoms with Crippen LogP contribution in [0.2, 0.25) is 0 Å². The lowest BCUT2D eigenvalue weighted by Crippen LogP contribution is -2.23. The van der Waals surface area contributed by atoms with Gasteiger partial charge < -0.3 is 24.4 Å². The van der Waals surface area contributed by atoms with Crippen molar-refractivity contribution in [2.75, 3.05) is 26.5 Å². The molecule has 2 amide bonds. The summed E-state index contributed by atoms with van der Waals surface area (Å²) in [4.78, 5) is 30.2. The van der Waals surface area contributed by atoms with E-state index >= 15 is 4.39 Å². The van der Waals surface area contributed by atoms with Crippen LogP contribution in [0.4, 0.5) is 36.4 Å². The Labute approximate surface area is 215 Å². The van der Waals surface area contributed by atoms with E-state index in [1.807, 2.05) is 0 Å². The van der Waals surface area contributed by atoms with E-state index in [0.717, 1.165) is 37.6 Å². The van der Waals surface area contributed by atoms with E-state index in [9.17, 15) is 35.9 Å². The molecule has 2 aromatic carbocycles. The van der Waals surface area contributed by atoms with Gasteiger partial charge in [0.05, 0.1) is 12.7 Å². The molecule has 0 fully saturated rings. The van der Waals surface area contributed by atoms with Gasteiger partial charge in [-0.25, -0.2) is 4.39 Å². The Balaban J connectivity index is 2.04. The molecule has 8 nitrogen and oxygen atoms in total. The lowest BCUT2D eigenvalue weighted by molar-refractivity contribution is -0.274. The normalized spacial score (nSPS) is 11.5. The first-order valence-corrected chi connectivity index (χ1v) is 10.6. The molecule has 0 aliphatic heterocycles. The van der Waals surface area contributed by atoms with Gasteiger partial charge in [0.1, 0.15) is 22.8 Å². The van der Waals surface area contributed by atoms with Crippen molar-refractivity contribution in [3.05, 3.63) is 71.3 Å². The Morgan fingerprint density at radius 2 is 1.59 bits per heavy atom. The van der Waals surface area contributed by atoms with Crippen LogP contribution in [0.25, 0.3) is 0 Å². The number of pyridine rings is 1. The molecular weight excluding hydrogens is 543 g/mol. The fraction of sp³-hybridized carbons (Fsp3) is 0.208. The van der Waals surface area contributed by atoms with Crippen molar-refractivity contribution in [1.82, 2.24) is 9.88 Å². The first-order valence-electron chi connectivity index (χ1n) is 10.6. The predicted molar refractivity (Wildman–Crippen MR) is 121 cm³/mol. The molecule has 0 atom stereocenters. The van der Waals surface area contributed by atoms with Crippen LogP contribution in [0, 0.1) is 5.82 Å². The summed E-state index contributed by atoms with van der Waals surface area (Å²) < 4.78 is 107.